The van der Waals surface area contributed by atoms with Crippen LogP contribution < -0.4 is 5.32 Å². The normalized spacial score (nSPS) is 14.6. The Morgan fingerprint density at radius 1 is 1.26 bits per heavy atom. The molecular weight excluding hydrogens is 356 g/mol. The standard InChI is InChI=1S/C18H17BrN2O2/c1-11-9-14(7-8-16(11)19)20-17(22)12(2)21-10-13-5-3-4-6-15(13)18(21)23/h3-9,12H,10H2,1-2H3,(H,20,22)/t12-/m0/s1. The number of nitrogens with zero attached hydrogens (tertiary/aromatic N) is 1. The summed E-state index contributed by atoms with van der Waals surface area (Å²) in [4.78, 5) is 26.5. The molecule has 0 spiro atoms. The SMILES string of the molecule is Cc1cc(NC(=O)[C@H](C)N2Cc3ccccc3C2=O)ccc1Br. The number of hydrogen-bond donors (Lipinski definition) is 1. The second-order valence-electron chi connectivity index (χ2n) is 5.72. The van der Waals surface area contributed by atoms with Gasteiger partial charge in [-0.3, -0.25) is 9.59 Å². The third-order valence-electron chi connectivity index (χ3n) is 4.12. The van der Waals surface area contributed by atoms with Crippen LogP contribution in [0.2, 0.25) is 0 Å². The number of carbonyl (C=O) groups is 2. The van der Waals surface area contributed by atoms with E-state index in [2.05, 4.69) is 21.2 Å². The number of nitrogens with one attached hydrogen (secondary N) is 1. The second kappa shape index (κ2) is 6.16. The summed E-state index contributed by atoms with van der Waals surface area (Å²) in [5, 5.41) is 2.88. The Morgan fingerprint density at radius 2 is 2.00 bits per heavy atom. The maximum absolute atomic E-state index is 12.5. The van der Waals surface area contributed by atoms with Crippen molar-refractivity contribution in [3.63, 3.8) is 0 Å². The van der Waals surface area contributed by atoms with Gasteiger partial charge in [-0.05, 0) is 49.2 Å². The van der Waals surface area contributed by atoms with Crippen molar-refractivity contribution in [2.24, 2.45) is 0 Å². The van der Waals surface area contributed by atoms with Crippen molar-refractivity contribution in [2.75, 3.05) is 5.32 Å². The van der Waals surface area contributed by atoms with Crippen LogP contribution in [0.4, 0.5) is 5.69 Å². The van der Waals surface area contributed by atoms with Gasteiger partial charge in [0, 0.05) is 22.3 Å². The number of amides is 2. The lowest BCUT2D eigenvalue weighted by Crippen LogP contribution is -2.42. The van der Waals surface area contributed by atoms with E-state index in [1.807, 2.05) is 43.3 Å². The van der Waals surface area contributed by atoms with E-state index in [0.717, 1.165) is 21.3 Å². The van der Waals surface area contributed by atoms with Crippen molar-refractivity contribution in [3.8, 4) is 0 Å². The minimum Gasteiger partial charge on any atom is -0.324 e. The van der Waals surface area contributed by atoms with Crippen LogP contribution in [0.5, 0.6) is 0 Å². The van der Waals surface area contributed by atoms with Crippen molar-refractivity contribution in [3.05, 3.63) is 63.6 Å². The number of carbonyl (C=O) groups excluding carboxylic acids is 2. The summed E-state index contributed by atoms with van der Waals surface area (Å²) >= 11 is 3.44. The maximum Gasteiger partial charge on any atom is 0.255 e. The topological polar surface area (TPSA) is 49.4 Å². The summed E-state index contributed by atoms with van der Waals surface area (Å²) in [5.74, 6) is -0.275. The minimum absolute atomic E-state index is 0.0877. The summed E-state index contributed by atoms with van der Waals surface area (Å²) < 4.78 is 0.994. The lowest BCUT2D eigenvalue weighted by Gasteiger charge is -2.23. The molecule has 1 atom stereocenters. The van der Waals surface area contributed by atoms with Crippen LogP contribution in [0.1, 0.15) is 28.4 Å². The number of fused-ring (bicyclic) bond motifs is 1. The third kappa shape index (κ3) is 3.01. The van der Waals surface area contributed by atoms with Gasteiger partial charge in [-0.1, -0.05) is 34.1 Å². The first-order valence-corrected chi connectivity index (χ1v) is 8.22. The first kappa shape index (κ1) is 15.7. The molecule has 2 amide bonds. The number of anilines is 1. The molecule has 5 heteroatoms. The monoisotopic (exact) mass is 372 g/mol. The van der Waals surface area contributed by atoms with E-state index in [-0.39, 0.29) is 11.8 Å². The largest absolute Gasteiger partial charge is 0.324 e. The first-order chi connectivity index (χ1) is 11.0. The Morgan fingerprint density at radius 3 is 2.70 bits per heavy atom. The molecule has 0 radical (unpaired) electrons. The Bertz CT molecular complexity index is 788. The lowest BCUT2D eigenvalue weighted by atomic mass is 10.1. The van der Waals surface area contributed by atoms with E-state index in [1.165, 1.54) is 0 Å². The smallest absolute Gasteiger partial charge is 0.255 e. The van der Waals surface area contributed by atoms with Crippen LogP contribution in [-0.4, -0.2) is 22.8 Å². The fourth-order valence-corrected chi connectivity index (χ4v) is 2.95. The van der Waals surface area contributed by atoms with Crippen molar-refractivity contribution < 1.29 is 9.59 Å². The molecule has 3 rings (SSSR count). The summed E-state index contributed by atoms with van der Waals surface area (Å²) in [6.45, 7) is 4.19. The fraction of sp³-hybridized carbons (Fsp3) is 0.222. The van der Waals surface area contributed by atoms with Crippen molar-refractivity contribution >= 4 is 33.4 Å². The molecule has 0 aliphatic carbocycles. The van der Waals surface area contributed by atoms with Gasteiger partial charge in [0.2, 0.25) is 5.91 Å². The molecule has 1 aliphatic rings. The van der Waals surface area contributed by atoms with Crippen molar-refractivity contribution in [2.45, 2.75) is 26.4 Å². The maximum atomic E-state index is 12.5. The number of hydrogen-bond acceptors (Lipinski definition) is 2. The molecule has 4 nitrogen and oxygen atoms in total. The number of aryl methyl sites for hydroxylation is 1. The quantitative estimate of drug-likeness (QED) is 0.891. The van der Waals surface area contributed by atoms with Crippen LogP contribution in [-0.2, 0) is 11.3 Å². The Kier molecular flexibility index (Phi) is 4.22. The summed E-state index contributed by atoms with van der Waals surface area (Å²) in [7, 11) is 0. The van der Waals surface area contributed by atoms with E-state index in [9.17, 15) is 9.59 Å². The predicted octanol–water partition coefficient (Wildman–Crippen LogP) is 3.74. The van der Waals surface area contributed by atoms with Gasteiger partial charge in [-0.25, -0.2) is 0 Å². The summed E-state index contributed by atoms with van der Waals surface area (Å²) in [5.41, 5.74) is 3.43. The van der Waals surface area contributed by atoms with E-state index in [0.29, 0.717) is 12.1 Å². The van der Waals surface area contributed by atoms with Crippen molar-refractivity contribution in [1.82, 2.24) is 4.90 Å². The van der Waals surface area contributed by atoms with Gasteiger partial charge in [0.05, 0.1) is 0 Å². The Labute approximate surface area is 143 Å². The molecule has 0 unspecified atom stereocenters. The molecule has 0 saturated carbocycles. The van der Waals surface area contributed by atoms with Gasteiger partial charge in [0.15, 0.2) is 0 Å². The molecule has 0 fully saturated rings. The van der Waals surface area contributed by atoms with Crippen LogP contribution in [0.3, 0.4) is 0 Å². The molecular formula is C18H17BrN2O2. The Hall–Kier alpha value is -2.14. The average Bonchev–Trinajstić information content (AvgIpc) is 2.87. The lowest BCUT2D eigenvalue weighted by molar-refractivity contribution is -0.120. The molecule has 1 aliphatic heterocycles. The van der Waals surface area contributed by atoms with Gasteiger partial charge in [-0.15, -0.1) is 0 Å². The number of halogens is 1. The van der Waals surface area contributed by atoms with E-state index in [1.54, 1.807) is 17.9 Å². The number of benzene rings is 2. The van der Waals surface area contributed by atoms with E-state index < -0.39 is 6.04 Å². The van der Waals surface area contributed by atoms with Crippen LogP contribution in [0, 0.1) is 6.92 Å². The molecule has 23 heavy (non-hydrogen) atoms. The highest BCUT2D eigenvalue weighted by molar-refractivity contribution is 9.10. The molecule has 1 N–H and O–H groups in total. The van der Waals surface area contributed by atoms with E-state index in [4.69, 9.17) is 0 Å². The highest BCUT2D eigenvalue weighted by Crippen LogP contribution is 2.25. The van der Waals surface area contributed by atoms with Crippen LogP contribution in [0.25, 0.3) is 0 Å². The molecule has 0 bridgehead atoms. The summed E-state index contributed by atoms with van der Waals surface area (Å²) in [6, 6.07) is 12.6. The van der Waals surface area contributed by atoms with Gasteiger partial charge in [0.1, 0.15) is 6.04 Å². The van der Waals surface area contributed by atoms with Crippen molar-refractivity contribution in [1.29, 1.82) is 0 Å². The van der Waals surface area contributed by atoms with Crippen LogP contribution >= 0.6 is 15.9 Å². The van der Waals surface area contributed by atoms with Gasteiger partial charge < -0.3 is 10.2 Å². The zero-order valence-corrected chi connectivity index (χ0v) is 14.6. The highest BCUT2D eigenvalue weighted by Gasteiger charge is 2.33. The van der Waals surface area contributed by atoms with Gasteiger partial charge in [0.25, 0.3) is 5.91 Å². The second-order valence-corrected chi connectivity index (χ2v) is 6.57. The van der Waals surface area contributed by atoms with Gasteiger partial charge >= 0.3 is 0 Å². The fourth-order valence-electron chi connectivity index (χ4n) is 2.70. The Balaban J connectivity index is 1.73. The average molecular weight is 373 g/mol. The first-order valence-electron chi connectivity index (χ1n) is 7.43. The molecule has 2 aromatic rings. The zero-order valence-electron chi connectivity index (χ0n) is 13.0. The molecule has 2 aromatic carbocycles. The predicted molar refractivity (Wildman–Crippen MR) is 93.3 cm³/mol. The third-order valence-corrected chi connectivity index (χ3v) is 5.01. The summed E-state index contributed by atoms with van der Waals surface area (Å²) in [6.07, 6.45) is 0. The molecule has 1 heterocycles. The van der Waals surface area contributed by atoms with E-state index >= 15 is 0 Å². The molecule has 118 valence electrons. The minimum atomic E-state index is -0.529. The number of rotatable bonds is 3. The molecule has 0 aromatic heterocycles. The molecule has 0 saturated heterocycles. The zero-order chi connectivity index (χ0) is 16.6. The van der Waals surface area contributed by atoms with Crippen LogP contribution in [0.15, 0.2) is 46.9 Å². The highest BCUT2D eigenvalue weighted by atomic mass is 79.9. The van der Waals surface area contributed by atoms with Gasteiger partial charge in [-0.2, -0.15) is 0 Å².